The topological polar surface area (TPSA) is 38.7 Å². The first kappa shape index (κ1) is 23.6. The molecule has 0 spiro atoms. The van der Waals surface area contributed by atoms with E-state index in [1.54, 1.807) is 0 Å². The second-order valence-corrected chi connectivity index (χ2v) is 10.7. The van der Waals surface area contributed by atoms with Crippen LogP contribution in [0.25, 0.3) is 0 Å². The number of nitrogens with one attached hydrogen (secondary N) is 1. The number of thiocarbonyl (C=S) groups is 1. The Balaban J connectivity index is 1.70. The van der Waals surface area contributed by atoms with Gasteiger partial charge in [-0.15, -0.1) is 0 Å². The highest BCUT2D eigenvalue weighted by atomic mass is 32.2. The fourth-order valence-corrected chi connectivity index (χ4v) is 6.11. The average molecular weight is 470 g/mol. The highest BCUT2D eigenvalue weighted by Gasteiger charge is 2.36. The molecule has 4 nitrogen and oxygen atoms in total. The second kappa shape index (κ2) is 10.6. The third kappa shape index (κ3) is 4.84. The van der Waals surface area contributed by atoms with Gasteiger partial charge in [-0.05, 0) is 55.9 Å². The Kier molecular flexibility index (Phi) is 7.77. The number of anilines is 2. The third-order valence-electron chi connectivity index (χ3n) is 6.51. The van der Waals surface area contributed by atoms with Crippen LogP contribution in [0.1, 0.15) is 52.0 Å². The van der Waals surface area contributed by atoms with Gasteiger partial charge in [-0.25, -0.2) is 0 Å². The SMILES string of the molecule is CCC(N1c2ccccc2Sc2ccc(C(=S)NCCC(C)C)cc21)N1CCCC1CO. The number of hydrogen-bond acceptors (Lipinski definition) is 5. The number of hydrogen-bond donors (Lipinski definition) is 2. The highest BCUT2D eigenvalue weighted by Crippen LogP contribution is 2.50. The Bertz CT molecular complexity index is 948. The van der Waals surface area contributed by atoms with Crippen molar-refractivity contribution >= 4 is 40.3 Å². The number of fused-ring (bicyclic) bond motifs is 2. The van der Waals surface area contributed by atoms with Gasteiger partial charge in [-0.3, -0.25) is 4.90 Å². The van der Waals surface area contributed by atoms with E-state index in [0.29, 0.717) is 5.92 Å². The first-order valence-corrected chi connectivity index (χ1v) is 13.1. The van der Waals surface area contributed by atoms with Crippen molar-refractivity contribution in [2.75, 3.05) is 24.6 Å². The Morgan fingerprint density at radius 3 is 2.72 bits per heavy atom. The molecule has 0 amide bonds. The Labute approximate surface area is 202 Å². The molecule has 0 radical (unpaired) electrons. The third-order valence-corrected chi connectivity index (χ3v) is 8.02. The molecular weight excluding hydrogens is 434 g/mol. The Morgan fingerprint density at radius 2 is 1.97 bits per heavy atom. The smallest absolute Gasteiger partial charge is 0.106 e. The Hall–Kier alpha value is -1.60. The summed E-state index contributed by atoms with van der Waals surface area (Å²) in [4.78, 5) is 8.36. The predicted molar refractivity (Wildman–Crippen MR) is 139 cm³/mol. The van der Waals surface area contributed by atoms with Crippen molar-refractivity contribution in [3.8, 4) is 0 Å². The van der Waals surface area contributed by atoms with E-state index < -0.39 is 0 Å². The second-order valence-electron chi connectivity index (χ2n) is 9.17. The summed E-state index contributed by atoms with van der Waals surface area (Å²) in [7, 11) is 0. The molecule has 0 aromatic heterocycles. The van der Waals surface area contributed by atoms with Gasteiger partial charge in [-0.1, -0.05) is 63.0 Å². The maximum atomic E-state index is 10.0. The van der Waals surface area contributed by atoms with Gasteiger partial charge in [0.1, 0.15) is 4.99 Å². The van der Waals surface area contributed by atoms with E-state index in [1.165, 1.54) is 21.2 Å². The summed E-state index contributed by atoms with van der Waals surface area (Å²) < 4.78 is 0. The summed E-state index contributed by atoms with van der Waals surface area (Å²) in [5, 5.41) is 13.5. The maximum Gasteiger partial charge on any atom is 0.106 e. The molecule has 172 valence electrons. The van der Waals surface area contributed by atoms with Crippen LogP contribution in [-0.4, -0.2) is 46.9 Å². The molecule has 1 saturated heterocycles. The molecule has 2 aliphatic rings. The first-order valence-electron chi connectivity index (χ1n) is 11.9. The number of likely N-dealkylation sites (tertiary alicyclic amines) is 1. The molecule has 2 N–H and O–H groups in total. The average Bonchev–Trinajstić information content (AvgIpc) is 3.27. The van der Waals surface area contributed by atoms with Crippen LogP contribution in [0.5, 0.6) is 0 Å². The lowest BCUT2D eigenvalue weighted by molar-refractivity contribution is 0.118. The number of para-hydroxylation sites is 1. The van der Waals surface area contributed by atoms with Crippen molar-refractivity contribution in [3.63, 3.8) is 0 Å². The van der Waals surface area contributed by atoms with Crippen LogP contribution in [0, 0.1) is 5.92 Å². The summed E-state index contributed by atoms with van der Waals surface area (Å²) in [6.07, 6.45) is 4.50. The highest BCUT2D eigenvalue weighted by molar-refractivity contribution is 7.99. The van der Waals surface area contributed by atoms with Gasteiger partial charge in [0.15, 0.2) is 0 Å². The summed E-state index contributed by atoms with van der Waals surface area (Å²) in [5.41, 5.74) is 3.54. The summed E-state index contributed by atoms with van der Waals surface area (Å²) in [6.45, 7) is 8.87. The Morgan fingerprint density at radius 1 is 1.19 bits per heavy atom. The van der Waals surface area contributed by atoms with Gasteiger partial charge in [0.05, 0.1) is 24.1 Å². The van der Waals surface area contributed by atoms with Crippen molar-refractivity contribution in [1.29, 1.82) is 0 Å². The van der Waals surface area contributed by atoms with Crippen LogP contribution in [0.4, 0.5) is 11.4 Å². The molecule has 2 heterocycles. The minimum Gasteiger partial charge on any atom is -0.395 e. The molecule has 2 aromatic carbocycles. The first-order chi connectivity index (χ1) is 15.5. The van der Waals surface area contributed by atoms with Gasteiger partial charge < -0.3 is 15.3 Å². The van der Waals surface area contributed by atoms with Crippen molar-refractivity contribution < 1.29 is 5.11 Å². The summed E-state index contributed by atoms with van der Waals surface area (Å²) >= 11 is 7.59. The largest absolute Gasteiger partial charge is 0.395 e. The van der Waals surface area contributed by atoms with E-state index in [-0.39, 0.29) is 18.8 Å². The van der Waals surface area contributed by atoms with Crippen LogP contribution >= 0.6 is 24.0 Å². The molecule has 4 rings (SSSR count). The van der Waals surface area contributed by atoms with E-state index in [9.17, 15) is 5.11 Å². The van der Waals surface area contributed by atoms with Gasteiger partial charge in [0, 0.05) is 34.5 Å². The van der Waals surface area contributed by atoms with Crippen LogP contribution < -0.4 is 10.2 Å². The zero-order valence-corrected chi connectivity index (χ0v) is 21.0. The molecular formula is C26H35N3OS2. The van der Waals surface area contributed by atoms with Crippen molar-refractivity contribution in [1.82, 2.24) is 10.2 Å². The van der Waals surface area contributed by atoms with E-state index in [0.717, 1.165) is 49.3 Å². The number of nitrogens with zero attached hydrogens (tertiary/aromatic N) is 2. The van der Waals surface area contributed by atoms with E-state index >= 15 is 0 Å². The van der Waals surface area contributed by atoms with Crippen LogP contribution in [0.2, 0.25) is 0 Å². The molecule has 6 heteroatoms. The van der Waals surface area contributed by atoms with Crippen LogP contribution in [0.3, 0.4) is 0 Å². The number of aliphatic hydroxyl groups is 1. The summed E-state index contributed by atoms with van der Waals surface area (Å²) in [5.74, 6) is 0.655. The normalized spacial score (nSPS) is 19.0. The lowest BCUT2D eigenvalue weighted by atomic mass is 10.1. The molecule has 0 bridgehead atoms. The summed E-state index contributed by atoms with van der Waals surface area (Å²) in [6, 6.07) is 15.5. The fraction of sp³-hybridized carbons (Fsp3) is 0.500. The molecule has 2 aromatic rings. The van der Waals surface area contributed by atoms with Crippen LogP contribution in [-0.2, 0) is 0 Å². The maximum absolute atomic E-state index is 10.0. The zero-order valence-electron chi connectivity index (χ0n) is 19.4. The molecule has 2 atom stereocenters. The van der Waals surface area contributed by atoms with Crippen molar-refractivity contribution in [3.05, 3.63) is 48.0 Å². The molecule has 0 aliphatic carbocycles. The lowest BCUT2D eigenvalue weighted by Gasteiger charge is -2.44. The number of benzene rings is 2. The zero-order chi connectivity index (χ0) is 22.7. The minimum atomic E-state index is 0.202. The van der Waals surface area contributed by atoms with Crippen molar-refractivity contribution in [2.24, 2.45) is 5.92 Å². The monoisotopic (exact) mass is 469 g/mol. The standard InChI is InChI=1S/C26H35N3OS2/c1-4-25(28-15-7-8-20(28)17-30)29-21-9-5-6-10-23(21)32-24-12-11-19(16-22(24)29)26(31)27-14-13-18(2)3/h5-6,9-12,16,18,20,25,30H,4,7-8,13-15,17H2,1-3H3,(H,27,31). The lowest BCUT2D eigenvalue weighted by Crippen LogP contribution is -2.50. The van der Waals surface area contributed by atoms with Crippen molar-refractivity contribution in [2.45, 2.75) is 68.5 Å². The molecule has 0 saturated carbocycles. The van der Waals surface area contributed by atoms with E-state index in [1.807, 2.05) is 11.8 Å². The molecule has 32 heavy (non-hydrogen) atoms. The molecule has 2 unspecified atom stereocenters. The number of rotatable bonds is 8. The minimum absolute atomic E-state index is 0.202. The van der Waals surface area contributed by atoms with E-state index in [4.69, 9.17) is 12.2 Å². The van der Waals surface area contributed by atoms with Crippen LogP contribution in [0.15, 0.2) is 52.3 Å². The molecule has 1 fully saturated rings. The van der Waals surface area contributed by atoms with Gasteiger partial charge in [-0.2, -0.15) is 0 Å². The number of aliphatic hydroxyl groups excluding tert-OH is 1. The fourth-order valence-electron chi connectivity index (χ4n) is 4.83. The van der Waals surface area contributed by atoms with Gasteiger partial charge in [0.2, 0.25) is 0 Å². The quantitative estimate of drug-likeness (QED) is 0.477. The van der Waals surface area contributed by atoms with Gasteiger partial charge >= 0.3 is 0 Å². The predicted octanol–water partition coefficient (Wildman–Crippen LogP) is 5.79. The van der Waals surface area contributed by atoms with Gasteiger partial charge in [0.25, 0.3) is 0 Å². The molecule has 2 aliphatic heterocycles. The van der Waals surface area contributed by atoms with E-state index in [2.05, 4.69) is 78.4 Å².